The molecule has 0 radical (unpaired) electrons. The topological polar surface area (TPSA) is 61.6 Å². The standard InChI is InChI=1S/C13H14N4S/c1-9-5-13(12(6-14)10(2)17-9)15-4-3-11-7-18-8-16-11/h5,7-8H,3-4H2,1-2H3,(H,15,17). The van der Waals surface area contributed by atoms with Crippen LogP contribution in [0.25, 0.3) is 0 Å². The fraction of sp³-hybridized carbons (Fsp3) is 0.308. The molecule has 2 rings (SSSR count). The molecule has 0 aliphatic carbocycles. The lowest BCUT2D eigenvalue weighted by atomic mass is 10.1. The van der Waals surface area contributed by atoms with E-state index >= 15 is 0 Å². The van der Waals surface area contributed by atoms with Crippen LogP contribution in [0.15, 0.2) is 17.0 Å². The quantitative estimate of drug-likeness (QED) is 0.916. The van der Waals surface area contributed by atoms with Crippen molar-refractivity contribution in [2.45, 2.75) is 20.3 Å². The zero-order chi connectivity index (χ0) is 13.0. The smallest absolute Gasteiger partial charge is 0.103 e. The Labute approximate surface area is 110 Å². The lowest BCUT2D eigenvalue weighted by Gasteiger charge is -2.10. The molecule has 0 fully saturated rings. The highest BCUT2D eigenvalue weighted by molar-refractivity contribution is 7.07. The van der Waals surface area contributed by atoms with Crippen molar-refractivity contribution in [3.63, 3.8) is 0 Å². The Morgan fingerprint density at radius 3 is 2.94 bits per heavy atom. The third-order valence-corrected chi connectivity index (χ3v) is 3.26. The predicted molar refractivity (Wildman–Crippen MR) is 72.7 cm³/mol. The number of aryl methyl sites for hydroxylation is 2. The average molecular weight is 258 g/mol. The van der Waals surface area contributed by atoms with E-state index in [9.17, 15) is 0 Å². The minimum atomic E-state index is 0.624. The number of rotatable bonds is 4. The molecule has 2 aromatic rings. The van der Waals surface area contributed by atoms with Gasteiger partial charge >= 0.3 is 0 Å². The van der Waals surface area contributed by atoms with Gasteiger partial charge in [0.1, 0.15) is 6.07 Å². The highest BCUT2D eigenvalue weighted by Gasteiger charge is 2.07. The predicted octanol–water partition coefficient (Wildman–Crippen LogP) is 2.68. The third kappa shape index (κ3) is 2.84. The van der Waals surface area contributed by atoms with Gasteiger partial charge in [-0.3, -0.25) is 4.98 Å². The zero-order valence-electron chi connectivity index (χ0n) is 10.4. The van der Waals surface area contributed by atoms with Crippen LogP contribution in [-0.4, -0.2) is 16.5 Å². The van der Waals surface area contributed by atoms with Crippen molar-refractivity contribution >= 4 is 17.0 Å². The van der Waals surface area contributed by atoms with Crippen molar-refractivity contribution < 1.29 is 0 Å². The molecule has 2 heterocycles. The van der Waals surface area contributed by atoms with E-state index < -0.39 is 0 Å². The summed E-state index contributed by atoms with van der Waals surface area (Å²) in [6.07, 6.45) is 0.856. The van der Waals surface area contributed by atoms with E-state index in [4.69, 9.17) is 5.26 Å². The first kappa shape index (κ1) is 12.5. The van der Waals surface area contributed by atoms with Gasteiger partial charge in [-0.05, 0) is 19.9 Å². The Bertz CT molecular complexity index is 569. The van der Waals surface area contributed by atoms with E-state index in [1.54, 1.807) is 11.3 Å². The molecular formula is C13H14N4S. The average Bonchev–Trinajstić information content (AvgIpc) is 2.81. The van der Waals surface area contributed by atoms with Gasteiger partial charge < -0.3 is 5.32 Å². The van der Waals surface area contributed by atoms with Crippen LogP contribution < -0.4 is 5.32 Å². The first-order valence-corrected chi connectivity index (χ1v) is 6.64. The van der Waals surface area contributed by atoms with Crippen molar-refractivity contribution in [3.05, 3.63) is 39.6 Å². The Morgan fingerprint density at radius 2 is 2.28 bits per heavy atom. The third-order valence-electron chi connectivity index (χ3n) is 2.62. The van der Waals surface area contributed by atoms with Gasteiger partial charge in [0.15, 0.2) is 0 Å². The number of nitrogens with one attached hydrogen (secondary N) is 1. The van der Waals surface area contributed by atoms with E-state index in [2.05, 4.69) is 21.4 Å². The second-order valence-corrected chi connectivity index (χ2v) is 4.76. The molecule has 5 heteroatoms. The maximum Gasteiger partial charge on any atom is 0.103 e. The van der Waals surface area contributed by atoms with Crippen molar-refractivity contribution in [1.29, 1.82) is 5.26 Å². The first-order chi connectivity index (χ1) is 8.70. The van der Waals surface area contributed by atoms with E-state index in [0.717, 1.165) is 35.7 Å². The Kier molecular flexibility index (Phi) is 3.90. The summed E-state index contributed by atoms with van der Waals surface area (Å²) >= 11 is 1.60. The molecule has 0 atom stereocenters. The van der Waals surface area contributed by atoms with Gasteiger partial charge in [-0.25, -0.2) is 4.98 Å². The summed E-state index contributed by atoms with van der Waals surface area (Å²) in [5, 5.41) is 14.5. The SMILES string of the molecule is Cc1cc(NCCc2cscn2)c(C#N)c(C)n1. The van der Waals surface area contributed by atoms with Gasteiger partial charge in [0.05, 0.1) is 28.1 Å². The van der Waals surface area contributed by atoms with Crippen molar-refractivity contribution in [2.75, 3.05) is 11.9 Å². The second-order valence-electron chi connectivity index (χ2n) is 4.04. The molecule has 2 aromatic heterocycles. The molecule has 4 nitrogen and oxygen atoms in total. The molecule has 18 heavy (non-hydrogen) atoms. The summed E-state index contributed by atoms with van der Waals surface area (Å²) in [7, 11) is 0. The van der Waals surface area contributed by atoms with Crippen LogP contribution in [0.3, 0.4) is 0 Å². The molecule has 0 unspecified atom stereocenters. The highest BCUT2D eigenvalue weighted by Crippen LogP contribution is 2.18. The molecule has 0 aliphatic heterocycles. The van der Waals surface area contributed by atoms with Gasteiger partial charge in [0.25, 0.3) is 0 Å². The van der Waals surface area contributed by atoms with Crippen LogP contribution in [0.2, 0.25) is 0 Å². The number of thiazole rings is 1. The Balaban J connectivity index is 2.07. The van der Waals surface area contributed by atoms with Gasteiger partial charge in [-0.15, -0.1) is 11.3 Å². The monoisotopic (exact) mass is 258 g/mol. The number of aromatic nitrogens is 2. The minimum Gasteiger partial charge on any atom is -0.383 e. The van der Waals surface area contributed by atoms with E-state index in [0.29, 0.717) is 5.56 Å². The maximum atomic E-state index is 9.13. The molecule has 0 aliphatic rings. The number of pyridine rings is 1. The lowest BCUT2D eigenvalue weighted by Crippen LogP contribution is -2.08. The molecule has 0 aromatic carbocycles. The molecule has 0 bridgehead atoms. The van der Waals surface area contributed by atoms with Crippen LogP contribution >= 0.6 is 11.3 Å². The summed E-state index contributed by atoms with van der Waals surface area (Å²) in [6, 6.07) is 4.11. The van der Waals surface area contributed by atoms with Crippen molar-refractivity contribution in [3.8, 4) is 6.07 Å². The van der Waals surface area contributed by atoms with Crippen LogP contribution in [0, 0.1) is 25.2 Å². The van der Waals surface area contributed by atoms with Crippen molar-refractivity contribution in [2.24, 2.45) is 0 Å². The molecule has 0 amide bonds. The molecule has 92 valence electrons. The van der Waals surface area contributed by atoms with Crippen molar-refractivity contribution in [1.82, 2.24) is 9.97 Å². The molecular weight excluding hydrogens is 244 g/mol. The highest BCUT2D eigenvalue weighted by atomic mass is 32.1. The lowest BCUT2D eigenvalue weighted by molar-refractivity contribution is 0.972. The summed E-state index contributed by atoms with van der Waals surface area (Å²) in [4.78, 5) is 8.52. The second kappa shape index (κ2) is 5.61. The van der Waals surface area contributed by atoms with Gasteiger partial charge in [0, 0.05) is 24.0 Å². The fourth-order valence-electron chi connectivity index (χ4n) is 1.80. The summed E-state index contributed by atoms with van der Waals surface area (Å²) in [6.45, 7) is 4.55. The van der Waals surface area contributed by atoms with Crippen LogP contribution in [0.4, 0.5) is 5.69 Å². The van der Waals surface area contributed by atoms with E-state index in [-0.39, 0.29) is 0 Å². The fourth-order valence-corrected chi connectivity index (χ4v) is 2.39. The zero-order valence-corrected chi connectivity index (χ0v) is 11.2. The number of nitriles is 1. The van der Waals surface area contributed by atoms with Gasteiger partial charge in [0.2, 0.25) is 0 Å². The van der Waals surface area contributed by atoms with Gasteiger partial charge in [-0.2, -0.15) is 5.26 Å². The van der Waals surface area contributed by atoms with Crippen LogP contribution in [0.5, 0.6) is 0 Å². The molecule has 0 saturated heterocycles. The summed E-state index contributed by atoms with van der Waals surface area (Å²) < 4.78 is 0. The summed E-state index contributed by atoms with van der Waals surface area (Å²) in [5.74, 6) is 0. The maximum absolute atomic E-state index is 9.13. The largest absolute Gasteiger partial charge is 0.383 e. The Morgan fingerprint density at radius 1 is 1.44 bits per heavy atom. The number of hydrogen-bond donors (Lipinski definition) is 1. The molecule has 0 spiro atoms. The Hall–Kier alpha value is -1.93. The number of nitrogens with zero attached hydrogens (tertiary/aromatic N) is 3. The van der Waals surface area contributed by atoms with E-state index in [1.165, 1.54) is 0 Å². The first-order valence-electron chi connectivity index (χ1n) is 5.70. The number of anilines is 1. The van der Waals surface area contributed by atoms with E-state index in [1.807, 2.05) is 30.8 Å². The normalized spacial score (nSPS) is 10.1. The molecule has 0 saturated carbocycles. The molecule has 1 N–H and O–H groups in total. The van der Waals surface area contributed by atoms with Crippen LogP contribution in [-0.2, 0) is 6.42 Å². The van der Waals surface area contributed by atoms with Gasteiger partial charge in [-0.1, -0.05) is 0 Å². The number of hydrogen-bond acceptors (Lipinski definition) is 5. The minimum absolute atomic E-state index is 0.624. The summed E-state index contributed by atoms with van der Waals surface area (Å²) in [5.41, 5.74) is 6.08. The van der Waals surface area contributed by atoms with Crippen LogP contribution in [0.1, 0.15) is 22.6 Å².